The fourth-order valence-electron chi connectivity index (χ4n) is 2.89. The summed E-state index contributed by atoms with van der Waals surface area (Å²) in [7, 11) is 3.85. The number of nitrogens with zero attached hydrogens (tertiary/aromatic N) is 3. The lowest BCUT2D eigenvalue weighted by molar-refractivity contribution is -0.384. The van der Waals surface area contributed by atoms with Gasteiger partial charge >= 0.3 is 0 Å². The first-order valence-corrected chi connectivity index (χ1v) is 8.79. The monoisotopic (exact) mass is 337 g/mol. The quantitative estimate of drug-likeness (QED) is 0.469. The average molecular weight is 337 g/mol. The second-order valence-electron chi connectivity index (χ2n) is 5.84. The molecule has 1 aromatic carbocycles. The molecule has 1 aromatic rings. The van der Waals surface area contributed by atoms with E-state index in [-0.39, 0.29) is 17.6 Å². The van der Waals surface area contributed by atoms with Crippen molar-refractivity contribution in [3.05, 3.63) is 33.9 Å². The normalized spacial score (nSPS) is 18.7. The minimum absolute atomic E-state index is 0.0389. The summed E-state index contributed by atoms with van der Waals surface area (Å²) in [5.41, 5.74) is 0.393. The van der Waals surface area contributed by atoms with E-state index in [0.717, 1.165) is 36.6 Å². The van der Waals surface area contributed by atoms with Crippen molar-refractivity contribution in [1.82, 2.24) is 9.80 Å². The van der Waals surface area contributed by atoms with Gasteiger partial charge in [0.25, 0.3) is 11.6 Å². The van der Waals surface area contributed by atoms with Gasteiger partial charge in [-0.2, -0.15) is 0 Å². The zero-order chi connectivity index (χ0) is 17.0. The predicted octanol–water partition coefficient (Wildman–Crippen LogP) is 2.87. The standard InChI is InChI=1S/C16H23N3O3S/c1-4-23-15-8-7-12(19(21)22)10-14(15)16(20)18(3)13-6-5-9-17(2)11-13/h7-8,10,13H,4-6,9,11H2,1-3H3/t13-/m0/s1. The number of benzene rings is 1. The Balaban J connectivity index is 2.28. The first-order valence-electron chi connectivity index (χ1n) is 7.81. The third-order valence-corrected chi connectivity index (χ3v) is 5.13. The molecule has 1 amide bonds. The summed E-state index contributed by atoms with van der Waals surface area (Å²) in [6.45, 7) is 3.89. The molecule has 23 heavy (non-hydrogen) atoms. The Labute approximate surface area is 141 Å². The van der Waals surface area contributed by atoms with E-state index in [0.29, 0.717) is 5.56 Å². The summed E-state index contributed by atoms with van der Waals surface area (Å²) < 4.78 is 0. The van der Waals surface area contributed by atoms with E-state index in [2.05, 4.69) is 11.9 Å². The molecule has 0 bridgehead atoms. The van der Waals surface area contributed by atoms with Gasteiger partial charge < -0.3 is 9.80 Å². The molecule has 1 aliphatic heterocycles. The molecule has 0 unspecified atom stereocenters. The maximum absolute atomic E-state index is 12.9. The smallest absolute Gasteiger partial charge is 0.270 e. The Kier molecular flexibility index (Phi) is 6.01. The number of thioether (sulfide) groups is 1. The summed E-state index contributed by atoms with van der Waals surface area (Å²) in [6.07, 6.45) is 2.03. The fourth-order valence-corrected chi connectivity index (χ4v) is 3.67. The second-order valence-corrected chi connectivity index (χ2v) is 7.15. The number of nitro benzene ring substituents is 1. The molecule has 2 rings (SSSR count). The highest BCUT2D eigenvalue weighted by Gasteiger charge is 2.27. The van der Waals surface area contributed by atoms with Crippen molar-refractivity contribution in [2.24, 2.45) is 0 Å². The number of non-ortho nitro benzene ring substituents is 1. The number of nitro groups is 1. The van der Waals surface area contributed by atoms with Gasteiger partial charge in [0.2, 0.25) is 0 Å². The Hall–Kier alpha value is -1.60. The van der Waals surface area contributed by atoms with Crippen molar-refractivity contribution in [2.75, 3.05) is 32.9 Å². The fraction of sp³-hybridized carbons (Fsp3) is 0.562. The Bertz CT molecular complexity index is 594. The summed E-state index contributed by atoms with van der Waals surface area (Å²) in [5, 5.41) is 11.0. The predicted molar refractivity (Wildman–Crippen MR) is 92.1 cm³/mol. The van der Waals surface area contributed by atoms with Crippen molar-refractivity contribution in [2.45, 2.75) is 30.7 Å². The van der Waals surface area contributed by atoms with Crippen LogP contribution in [0.4, 0.5) is 5.69 Å². The van der Waals surface area contributed by atoms with E-state index in [1.54, 1.807) is 18.0 Å². The van der Waals surface area contributed by atoms with E-state index in [4.69, 9.17) is 0 Å². The number of likely N-dealkylation sites (N-methyl/N-ethyl adjacent to an activating group) is 2. The van der Waals surface area contributed by atoms with Crippen LogP contribution in [0.3, 0.4) is 0 Å². The molecule has 1 aliphatic rings. The summed E-state index contributed by atoms with van der Waals surface area (Å²) in [5.74, 6) is 0.679. The number of rotatable bonds is 5. The largest absolute Gasteiger partial charge is 0.337 e. The second kappa shape index (κ2) is 7.79. The lowest BCUT2D eigenvalue weighted by atomic mass is 10.0. The number of likely N-dealkylation sites (tertiary alicyclic amines) is 1. The van der Waals surface area contributed by atoms with Crippen molar-refractivity contribution >= 4 is 23.4 Å². The molecule has 0 N–H and O–H groups in total. The topological polar surface area (TPSA) is 66.7 Å². The van der Waals surface area contributed by atoms with Gasteiger partial charge in [-0.05, 0) is 38.3 Å². The van der Waals surface area contributed by atoms with E-state index in [9.17, 15) is 14.9 Å². The zero-order valence-electron chi connectivity index (χ0n) is 13.8. The molecule has 1 saturated heterocycles. The molecule has 1 fully saturated rings. The highest BCUT2D eigenvalue weighted by atomic mass is 32.2. The van der Waals surface area contributed by atoms with Crippen LogP contribution in [0.2, 0.25) is 0 Å². The molecule has 0 saturated carbocycles. The number of carbonyl (C=O) groups is 1. The van der Waals surface area contributed by atoms with Gasteiger partial charge in [0, 0.05) is 36.7 Å². The first kappa shape index (κ1) is 17.7. The SMILES string of the molecule is CCSc1ccc([N+](=O)[O-])cc1C(=O)N(C)[C@H]1CCCN(C)C1. The lowest BCUT2D eigenvalue weighted by Gasteiger charge is -2.36. The third kappa shape index (κ3) is 4.23. The Morgan fingerprint density at radius 2 is 2.26 bits per heavy atom. The molecule has 126 valence electrons. The van der Waals surface area contributed by atoms with Gasteiger partial charge in [-0.25, -0.2) is 0 Å². The molecular weight excluding hydrogens is 314 g/mol. The highest BCUT2D eigenvalue weighted by molar-refractivity contribution is 7.99. The molecule has 1 heterocycles. The number of carbonyl (C=O) groups excluding carboxylic acids is 1. The Morgan fingerprint density at radius 3 is 2.87 bits per heavy atom. The molecule has 0 aromatic heterocycles. The van der Waals surface area contributed by atoms with Crippen LogP contribution in [0.5, 0.6) is 0 Å². The third-order valence-electron chi connectivity index (χ3n) is 4.17. The van der Waals surface area contributed by atoms with Crippen molar-refractivity contribution in [1.29, 1.82) is 0 Å². The van der Waals surface area contributed by atoms with Crippen molar-refractivity contribution in [3.63, 3.8) is 0 Å². The van der Waals surface area contributed by atoms with E-state index in [1.165, 1.54) is 23.9 Å². The van der Waals surface area contributed by atoms with Gasteiger partial charge in [0.15, 0.2) is 0 Å². The number of hydrogen-bond donors (Lipinski definition) is 0. The molecule has 0 aliphatic carbocycles. The van der Waals surface area contributed by atoms with Crippen LogP contribution in [0, 0.1) is 10.1 Å². The van der Waals surface area contributed by atoms with Crippen LogP contribution >= 0.6 is 11.8 Å². The minimum Gasteiger partial charge on any atom is -0.337 e. The van der Waals surface area contributed by atoms with E-state index >= 15 is 0 Å². The molecule has 0 spiro atoms. The number of amides is 1. The minimum atomic E-state index is -0.453. The number of hydrogen-bond acceptors (Lipinski definition) is 5. The molecule has 0 radical (unpaired) electrons. The van der Waals surface area contributed by atoms with Crippen LogP contribution in [-0.4, -0.2) is 59.6 Å². The van der Waals surface area contributed by atoms with E-state index in [1.807, 2.05) is 6.92 Å². The van der Waals surface area contributed by atoms with Gasteiger partial charge in [-0.1, -0.05) is 6.92 Å². The summed E-state index contributed by atoms with van der Waals surface area (Å²) >= 11 is 1.53. The summed E-state index contributed by atoms with van der Waals surface area (Å²) in [6, 6.07) is 4.70. The molecular formula is C16H23N3O3S. The lowest BCUT2D eigenvalue weighted by Crippen LogP contribution is -2.47. The van der Waals surface area contributed by atoms with Crippen LogP contribution in [0.15, 0.2) is 23.1 Å². The molecule has 1 atom stereocenters. The van der Waals surface area contributed by atoms with Crippen LogP contribution in [0.1, 0.15) is 30.1 Å². The maximum atomic E-state index is 12.9. The first-order chi connectivity index (χ1) is 10.9. The zero-order valence-corrected chi connectivity index (χ0v) is 14.6. The maximum Gasteiger partial charge on any atom is 0.270 e. The average Bonchev–Trinajstić information content (AvgIpc) is 2.54. The van der Waals surface area contributed by atoms with Crippen molar-refractivity contribution in [3.8, 4) is 0 Å². The van der Waals surface area contributed by atoms with Crippen molar-refractivity contribution < 1.29 is 9.72 Å². The number of piperidine rings is 1. The van der Waals surface area contributed by atoms with Gasteiger partial charge in [-0.3, -0.25) is 14.9 Å². The van der Waals surface area contributed by atoms with E-state index < -0.39 is 4.92 Å². The Morgan fingerprint density at radius 1 is 1.52 bits per heavy atom. The van der Waals surface area contributed by atoms with Crippen LogP contribution < -0.4 is 0 Å². The molecule has 7 heteroatoms. The highest BCUT2D eigenvalue weighted by Crippen LogP contribution is 2.28. The van der Waals surface area contributed by atoms with Crippen LogP contribution in [0.25, 0.3) is 0 Å². The summed E-state index contributed by atoms with van der Waals surface area (Å²) in [4.78, 5) is 28.2. The van der Waals surface area contributed by atoms with Gasteiger partial charge in [0.05, 0.1) is 10.5 Å². The van der Waals surface area contributed by atoms with Gasteiger partial charge in [-0.15, -0.1) is 11.8 Å². The molecule has 6 nitrogen and oxygen atoms in total. The van der Waals surface area contributed by atoms with Crippen LogP contribution in [-0.2, 0) is 0 Å². The van der Waals surface area contributed by atoms with Gasteiger partial charge in [0.1, 0.15) is 0 Å².